The highest BCUT2D eigenvalue weighted by Gasteiger charge is 2.16. The Morgan fingerprint density at radius 3 is 2.52 bits per heavy atom. The van der Waals surface area contributed by atoms with Gasteiger partial charge in [-0.3, -0.25) is 0 Å². The Bertz CT molecular complexity index is 585. The Morgan fingerprint density at radius 1 is 1.19 bits per heavy atom. The van der Waals surface area contributed by atoms with E-state index in [4.69, 9.17) is 4.74 Å². The second-order valence-corrected chi connectivity index (χ2v) is 5.08. The molecule has 1 aromatic heterocycles. The van der Waals surface area contributed by atoms with Crippen molar-refractivity contribution < 1.29 is 9.13 Å². The van der Waals surface area contributed by atoms with Crippen LogP contribution in [0.3, 0.4) is 0 Å². The molecule has 2 aromatic rings. The number of nitrogens with zero attached hydrogens (tertiary/aromatic N) is 2. The van der Waals surface area contributed by atoms with E-state index in [1.807, 2.05) is 0 Å². The average molecular weight is 289 g/mol. The van der Waals surface area contributed by atoms with Gasteiger partial charge in [0.1, 0.15) is 23.7 Å². The summed E-state index contributed by atoms with van der Waals surface area (Å²) in [5.74, 6) is 1.77. The molecule has 21 heavy (non-hydrogen) atoms. The van der Waals surface area contributed by atoms with Crippen LogP contribution >= 0.6 is 0 Å². The molecule has 1 heterocycles. The molecule has 5 heteroatoms. The van der Waals surface area contributed by atoms with Crippen LogP contribution in [0.15, 0.2) is 30.6 Å². The Labute approximate surface area is 124 Å². The zero-order chi connectivity index (χ0) is 15.2. The van der Waals surface area contributed by atoms with Crippen molar-refractivity contribution in [2.45, 2.75) is 33.1 Å². The molecule has 0 saturated heterocycles. The lowest BCUT2D eigenvalue weighted by molar-refractivity contribution is 0.450. The summed E-state index contributed by atoms with van der Waals surface area (Å²) in [5.41, 5.74) is 0.926. The van der Waals surface area contributed by atoms with Crippen molar-refractivity contribution in [2.75, 3.05) is 11.9 Å². The predicted molar refractivity (Wildman–Crippen MR) is 81.4 cm³/mol. The average Bonchev–Trinajstić information content (AvgIpc) is 2.47. The van der Waals surface area contributed by atoms with Crippen molar-refractivity contribution >= 4 is 5.82 Å². The van der Waals surface area contributed by atoms with E-state index >= 15 is 0 Å². The smallest absolute Gasteiger partial charge is 0.227 e. The maximum absolute atomic E-state index is 12.9. The van der Waals surface area contributed by atoms with Gasteiger partial charge < -0.3 is 10.1 Å². The van der Waals surface area contributed by atoms with Gasteiger partial charge in [0, 0.05) is 6.54 Å². The van der Waals surface area contributed by atoms with E-state index in [0.29, 0.717) is 11.6 Å². The summed E-state index contributed by atoms with van der Waals surface area (Å²) in [6, 6.07) is 5.89. The molecule has 0 saturated carbocycles. The molecule has 0 fully saturated rings. The Hall–Kier alpha value is -2.17. The number of ether oxygens (including phenoxy) is 1. The van der Waals surface area contributed by atoms with Crippen molar-refractivity contribution in [3.05, 3.63) is 42.0 Å². The second kappa shape index (κ2) is 7.02. The van der Waals surface area contributed by atoms with Gasteiger partial charge in [0.05, 0.1) is 5.56 Å². The molecule has 4 nitrogen and oxygen atoms in total. The van der Waals surface area contributed by atoms with Crippen LogP contribution in [-0.2, 0) is 0 Å². The molecule has 1 N–H and O–H groups in total. The summed E-state index contributed by atoms with van der Waals surface area (Å²) in [4.78, 5) is 8.51. The molecule has 112 valence electrons. The van der Waals surface area contributed by atoms with Gasteiger partial charge in [0.25, 0.3) is 0 Å². The van der Waals surface area contributed by atoms with Crippen LogP contribution in [0.1, 0.15) is 38.7 Å². The lowest BCUT2D eigenvalue weighted by atomic mass is 10.1. The monoisotopic (exact) mass is 289 g/mol. The first-order valence-electron chi connectivity index (χ1n) is 7.14. The highest BCUT2D eigenvalue weighted by molar-refractivity contribution is 5.51. The maximum Gasteiger partial charge on any atom is 0.227 e. The number of rotatable bonds is 6. The summed E-state index contributed by atoms with van der Waals surface area (Å²) in [6.45, 7) is 7.06. The summed E-state index contributed by atoms with van der Waals surface area (Å²) in [6.07, 6.45) is 2.48. The molecule has 0 radical (unpaired) electrons. The fourth-order valence-electron chi connectivity index (χ4n) is 1.98. The topological polar surface area (TPSA) is 47.0 Å². The highest BCUT2D eigenvalue weighted by Crippen LogP contribution is 2.32. The Balaban J connectivity index is 2.31. The normalized spacial score (nSPS) is 10.7. The predicted octanol–water partition coefficient (Wildman–Crippen LogP) is 4.35. The van der Waals surface area contributed by atoms with Gasteiger partial charge in [0.15, 0.2) is 0 Å². The van der Waals surface area contributed by atoms with Gasteiger partial charge in [0.2, 0.25) is 5.88 Å². The zero-order valence-electron chi connectivity index (χ0n) is 12.6. The molecular weight excluding hydrogens is 269 g/mol. The molecule has 0 atom stereocenters. The van der Waals surface area contributed by atoms with Crippen LogP contribution in [0.4, 0.5) is 10.2 Å². The van der Waals surface area contributed by atoms with E-state index in [1.165, 1.54) is 18.5 Å². The van der Waals surface area contributed by atoms with Gasteiger partial charge in [-0.1, -0.05) is 20.8 Å². The van der Waals surface area contributed by atoms with Gasteiger partial charge in [-0.15, -0.1) is 0 Å². The Morgan fingerprint density at radius 2 is 1.90 bits per heavy atom. The third-order valence-corrected chi connectivity index (χ3v) is 3.00. The molecule has 0 aliphatic carbocycles. The van der Waals surface area contributed by atoms with Gasteiger partial charge in [-0.25, -0.2) is 14.4 Å². The van der Waals surface area contributed by atoms with Crippen molar-refractivity contribution in [3.63, 3.8) is 0 Å². The number of aromatic nitrogens is 2. The molecule has 0 spiro atoms. The lowest BCUT2D eigenvalue weighted by Crippen LogP contribution is -2.08. The second-order valence-electron chi connectivity index (χ2n) is 5.08. The third kappa shape index (κ3) is 3.90. The number of nitrogens with one attached hydrogen (secondary N) is 1. The summed E-state index contributed by atoms with van der Waals surface area (Å²) < 4.78 is 18.7. The Kier molecular flexibility index (Phi) is 5.09. The fourth-order valence-corrected chi connectivity index (χ4v) is 1.98. The van der Waals surface area contributed by atoms with Crippen molar-refractivity contribution in [1.29, 1.82) is 0 Å². The number of halogens is 1. The number of benzene rings is 1. The molecule has 2 rings (SSSR count). The SMILES string of the molecule is CCCNc1ncnc(Oc2ccc(F)cc2)c1C(C)C. The molecular formula is C16H20FN3O. The van der Waals surface area contributed by atoms with E-state index in [-0.39, 0.29) is 11.7 Å². The van der Waals surface area contributed by atoms with Gasteiger partial charge in [-0.05, 0) is 36.6 Å². The van der Waals surface area contributed by atoms with Gasteiger partial charge >= 0.3 is 0 Å². The summed E-state index contributed by atoms with van der Waals surface area (Å²) >= 11 is 0. The van der Waals surface area contributed by atoms with Crippen LogP contribution in [0.25, 0.3) is 0 Å². The molecule has 0 amide bonds. The molecule has 0 bridgehead atoms. The number of anilines is 1. The van der Waals surface area contributed by atoms with Gasteiger partial charge in [-0.2, -0.15) is 0 Å². The molecule has 1 aromatic carbocycles. The first-order chi connectivity index (χ1) is 10.1. The maximum atomic E-state index is 12.9. The van der Waals surface area contributed by atoms with Crippen molar-refractivity contribution in [2.24, 2.45) is 0 Å². The van der Waals surface area contributed by atoms with Crippen molar-refractivity contribution in [1.82, 2.24) is 9.97 Å². The van der Waals surface area contributed by atoms with E-state index in [0.717, 1.165) is 24.3 Å². The highest BCUT2D eigenvalue weighted by atomic mass is 19.1. The molecule has 0 aliphatic rings. The zero-order valence-corrected chi connectivity index (χ0v) is 12.6. The minimum atomic E-state index is -0.292. The molecule has 0 unspecified atom stereocenters. The quantitative estimate of drug-likeness (QED) is 0.858. The minimum absolute atomic E-state index is 0.209. The van der Waals surface area contributed by atoms with E-state index in [1.54, 1.807) is 12.1 Å². The van der Waals surface area contributed by atoms with Crippen LogP contribution < -0.4 is 10.1 Å². The number of hydrogen-bond donors (Lipinski definition) is 1. The van der Waals surface area contributed by atoms with E-state index in [9.17, 15) is 4.39 Å². The first-order valence-corrected chi connectivity index (χ1v) is 7.14. The van der Waals surface area contributed by atoms with Crippen LogP contribution in [0.2, 0.25) is 0 Å². The first kappa shape index (κ1) is 15.2. The third-order valence-electron chi connectivity index (χ3n) is 3.00. The van der Waals surface area contributed by atoms with E-state index in [2.05, 4.69) is 36.1 Å². The minimum Gasteiger partial charge on any atom is -0.439 e. The van der Waals surface area contributed by atoms with Crippen LogP contribution in [-0.4, -0.2) is 16.5 Å². The van der Waals surface area contributed by atoms with Crippen LogP contribution in [0, 0.1) is 5.82 Å². The summed E-state index contributed by atoms with van der Waals surface area (Å²) in [5, 5.41) is 3.29. The summed E-state index contributed by atoms with van der Waals surface area (Å²) in [7, 11) is 0. The number of hydrogen-bond acceptors (Lipinski definition) is 4. The largest absolute Gasteiger partial charge is 0.439 e. The molecule has 0 aliphatic heterocycles. The lowest BCUT2D eigenvalue weighted by Gasteiger charge is -2.16. The standard InChI is InChI=1S/C16H20FN3O/c1-4-9-18-15-14(11(2)3)16(20-10-19-15)21-13-7-5-12(17)6-8-13/h5-8,10-11H,4,9H2,1-3H3,(H,18,19,20). The fraction of sp³-hybridized carbons (Fsp3) is 0.375. The van der Waals surface area contributed by atoms with Crippen LogP contribution in [0.5, 0.6) is 11.6 Å². The van der Waals surface area contributed by atoms with Crippen molar-refractivity contribution in [3.8, 4) is 11.6 Å². The van der Waals surface area contributed by atoms with E-state index < -0.39 is 0 Å².